The van der Waals surface area contributed by atoms with Crippen molar-refractivity contribution in [3.63, 3.8) is 0 Å². The Morgan fingerprint density at radius 3 is 2.90 bits per heavy atom. The van der Waals surface area contributed by atoms with Gasteiger partial charge in [0.2, 0.25) is 0 Å². The molecule has 1 fully saturated rings. The second kappa shape index (κ2) is 7.82. The van der Waals surface area contributed by atoms with Crippen molar-refractivity contribution >= 4 is 5.96 Å². The second-order valence-electron chi connectivity index (χ2n) is 5.11. The highest BCUT2D eigenvalue weighted by molar-refractivity contribution is 5.80. The van der Waals surface area contributed by atoms with Gasteiger partial charge in [0.25, 0.3) is 0 Å². The van der Waals surface area contributed by atoms with Crippen LogP contribution in [0.2, 0.25) is 0 Å². The summed E-state index contributed by atoms with van der Waals surface area (Å²) in [6.07, 6.45) is 7.82. The van der Waals surface area contributed by atoms with Crippen LogP contribution in [0.1, 0.15) is 44.7 Å². The fraction of sp³-hybridized carbons (Fsp3) is 0.600. The number of guanidine groups is 1. The number of hydrogen-bond acceptors (Lipinski definition) is 2. The third-order valence-corrected chi connectivity index (χ3v) is 3.51. The number of aliphatic imine (C=N–C) groups is 1. The van der Waals surface area contributed by atoms with Crippen LogP contribution < -0.4 is 10.6 Å². The van der Waals surface area contributed by atoms with Crippen molar-refractivity contribution in [3.05, 3.63) is 29.8 Å². The van der Waals surface area contributed by atoms with Gasteiger partial charge in [0.15, 0.2) is 5.96 Å². The predicted octanol–water partition coefficient (Wildman–Crippen LogP) is 2.61. The Morgan fingerprint density at radius 2 is 2.20 bits per heavy atom. The van der Waals surface area contributed by atoms with Crippen LogP contribution in [0.25, 0.3) is 0 Å². The molecule has 0 spiro atoms. The third kappa shape index (κ3) is 4.47. The van der Waals surface area contributed by atoms with Crippen LogP contribution in [0.15, 0.2) is 23.3 Å². The van der Waals surface area contributed by atoms with E-state index in [2.05, 4.69) is 20.6 Å². The van der Waals surface area contributed by atoms with Crippen molar-refractivity contribution in [1.82, 2.24) is 15.6 Å². The molecule has 0 saturated heterocycles. The molecule has 1 aromatic rings. The minimum atomic E-state index is -0.301. The summed E-state index contributed by atoms with van der Waals surface area (Å²) in [5, 5.41) is 6.64. The first-order valence-corrected chi connectivity index (χ1v) is 7.44. The Hall–Kier alpha value is -1.65. The fourth-order valence-corrected chi connectivity index (χ4v) is 2.45. The van der Waals surface area contributed by atoms with Gasteiger partial charge in [-0.3, -0.25) is 4.98 Å². The maximum atomic E-state index is 13.5. The van der Waals surface area contributed by atoms with Gasteiger partial charge in [0.1, 0.15) is 5.82 Å². The third-order valence-electron chi connectivity index (χ3n) is 3.51. The molecule has 110 valence electrons. The van der Waals surface area contributed by atoms with Crippen LogP contribution in [-0.2, 0) is 6.54 Å². The van der Waals surface area contributed by atoms with Gasteiger partial charge < -0.3 is 10.6 Å². The van der Waals surface area contributed by atoms with Gasteiger partial charge >= 0.3 is 0 Å². The highest BCUT2D eigenvalue weighted by Crippen LogP contribution is 2.17. The Kier molecular flexibility index (Phi) is 5.77. The first-order chi connectivity index (χ1) is 9.79. The molecule has 0 radical (unpaired) electrons. The zero-order chi connectivity index (χ0) is 14.2. The minimum absolute atomic E-state index is 0.259. The monoisotopic (exact) mass is 278 g/mol. The van der Waals surface area contributed by atoms with Gasteiger partial charge in [-0.2, -0.15) is 0 Å². The molecule has 2 N–H and O–H groups in total. The number of halogens is 1. The average Bonchev–Trinajstić information content (AvgIpc) is 2.47. The van der Waals surface area contributed by atoms with Gasteiger partial charge in [0, 0.05) is 18.8 Å². The zero-order valence-corrected chi connectivity index (χ0v) is 12.0. The van der Waals surface area contributed by atoms with Crippen molar-refractivity contribution in [2.24, 2.45) is 4.99 Å². The second-order valence-corrected chi connectivity index (χ2v) is 5.11. The Balaban J connectivity index is 1.96. The first-order valence-electron chi connectivity index (χ1n) is 7.44. The molecule has 0 atom stereocenters. The van der Waals surface area contributed by atoms with Crippen molar-refractivity contribution in [1.29, 1.82) is 0 Å². The predicted molar refractivity (Wildman–Crippen MR) is 79.0 cm³/mol. The molecule has 0 bridgehead atoms. The van der Waals surface area contributed by atoms with E-state index in [1.165, 1.54) is 38.2 Å². The summed E-state index contributed by atoms with van der Waals surface area (Å²) in [4.78, 5) is 8.45. The molecule has 1 aliphatic rings. The molecule has 20 heavy (non-hydrogen) atoms. The Morgan fingerprint density at radius 1 is 1.40 bits per heavy atom. The molecule has 1 aliphatic carbocycles. The molecule has 0 unspecified atom stereocenters. The van der Waals surface area contributed by atoms with Crippen LogP contribution in [0.5, 0.6) is 0 Å². The number of nitrogens with one attached hydrogen (secondary N) is 2. The Labute approximate surface area is 119 Å². The molecule has 0 aromatic carbocycles. The number of nitrogens with zero attached hydrogens (tertiary/aromatic N) is 2. The van der Waals surface area contributed by atoms with Crippen LogP contribution in [0.4, 0.5) is 4.39 Å². The van der Waals surface area contributed by atoms with Crippen LogP contribution in [0, 0.1) is 5.82 Å². The maximum absolute atomic E-state index is 13.5. The number of aromatic nitrogens is 1. The van der Waals surface area contributed by atoms with Gasteiger partial charge in [0.05, 0.1) is 12.2 Å². The normalized spacial score (nSPS) is 17.0. The topological polar surface area (TPSA) is 49.3 Å². The zero-order valence-electron chi connectivity index (χ0n) is 12.0. The molecule has 4 nitrogen and oxygen atoms in total. The van der Waals surface area contributed by atoms with E-state index in [1.807, 2.05) is 6.92 Å². The average molecular weight is 278 g/mol. The van der Waals surface area contributed by atoms with Gasteiger partial charge in [-0.05, 0) is 31.9 Å². The molecule has 0 aliphatic heterocycles. The standard InChI is InChI=1S/C15H23FN4/c1-2-17-15(20-12-7-4-3-5-8-12)19-11-14-13(16)9-6-10-18-14/h6,9-10,12H,2-5,7-8,11H2,1H3,(H2,17,19,20). The van der Waals surface area contributed by atoms with Crippen molar-refractivity contribution in [3.8, 4) is 0 Å². The summed E-state index contributed by atoms with van der Waals surface area (Å²) in [6.45, 7) is 3.08. The lowest BCUT2D eigenvalue weighted by Gasteiger charge is -2.24. The number of rotatable bonds is 4. The lowest BCUT2D eigenvalue weighted by molar-refractivity contribution is 0.410. The smallest absolute Gasteiger partial charge is 0.191 e. The largest absolute Gasteiger partial charge is 0.357 e. The van der Waals surface area contributed by atoms with E-state index in [0.29, 0.717) is 11.7 Å². The molecule has 2 rings (SSSR count). The molecule has 1 saturated carbocycles. The maximum Gasteiger partial charge on any atom is 0.191 e. The van der Waals surface area contributed by atoms with Gasteiger partial charge in [-0.25, -0.2) is 9.38 Å². The summed E-state index contributed by atoms with van der Waals surface area (Å²) in [7, 11) is 0. The van der Waals surface area contributed by atoms with Crippen LogP contribution in [-0.4, -0.2) is 23.5 Å². The Bertz CT molecular complexity index is 441. The van der Waals surface area contributed by atoms with E-state index < -0.39 is 0 Å². The summed E-state index contributed by atoms with van der Waals surface area (Å²) >= 11 is 0. The fourth-order valence-electron chi connectivity index (χ4n) is 2.45. The summed E-state index contributed by atoms with van der Waals surface area (Å²) in [6, 6.07) is 3.49. The molecule has 1 heterocycles. The molecule has 5 heteroatoms. The summed E-state index contributed by atoms with van der Waals surface area (Å²) < 4.78 is 13.5. The molecule has 0 amide bonds. The highest BCUT2D eigenvalue weighted by Gasteiger charge is 2.14. The van der Waals surface area contributed by atoms with E-state index >= 15 is 0 Å². The van der Waals surface area contributed by atoms with E-state index in [-0.39, 0.29) is 12.4 Å². The van der Waals surface area contributed by atoms with Crippen LogP contribution >= 0.6 is 0 Å². The number of hydrogen-bond donors (Lipinski definition) is 2. The van der Waals surface area contributed by atoms with Gasteiger partial charge in [-0.1, -0.05) is 19.3 Å². The summed E-state index contributed by atoms with van der Waals surface area (Å²) in [5.41, 5.74) is 0.383. The molecular weight excluding hydrogens is 255 g/mol. The van der Waals surface area contributed by atoms with Crippen molar-refractivity contribution < 1.29 is 4.39 Å². The molecular formula is C15H23FN4. The van der Waals surface area contributed by atoms with Crippen molar-refractivity contribution in [2.45, 2.75) is 51.6 Å². The lowest BCUT2D eigenvalue weighted by atomic mass is 9.96. The molecule has 1 aromatic heterocycles. The first kappa shape index (κ1) is 14.8. The number of pyridine rings is 1. The van der Waals surface area contributed by atoms with E-state index in [9.17, 15) is 4.39 Å². The highest BCUT2D eigenvalue weighted by atomic mass is 19.1. The quantitative estimate of drug-likeness (QED) is 0.657. The lowest BCUT2D eigenvalue weighted by Crippen LogP contribution is -2.44. The van der Waals surface area contributed by atoms with Crippen molar-refractivity contribution in [2.75, 3.05) is 6.54 Å². The van der Waals surface area contributed by atoms with E-state index in [0.717, 1.165) is 12.5 Å². The SMILES string of the molecule is CCNC(=NCc1ncccc1F)NC1CCCCC1. The minimum Gasteiger partial charge on any atom is -0.357 e. The van der Waals surface area contributed by atoms with Gasteiger partial charge in [-0.15, -0.1) is 0 Å². The van der Waals surface area contributed by atoms with E-state index in [1.54, 1.807) is 12.3 Å². The summed E-state index contributed by atoms with van der Waals surface area (Å²) in [5.74, 6) is 0.453. The van der Waals surface area contributed by atoms with Crippen LogP contribution in [0.3, 0.4) is 0 Å². The van der Waals surface area contributed by atoms with E-state index in [4.69, 9.17) is 0 Å².